The minimum atomic E-state index is -1.50. The number of carbonyl (C=O) groups is 5. The number of nitrogens with two attached hydrogens (primary N) is 5. The van der Waals surface area contributed by atoms with Crippen molar-refractivity contribution in [1.82, 2.24) is 16.0 Å². The van der Waals surface area contributed by atoms with E-state index in [1.807, 2.05) is 0 Å². The van der Waals surface area contributed by atoms with E-state index in [9.17, 15) is 29.1 Å². The summed E-state index contributed by atoms with van der Waals surface area (Å²) in [6.07, 6.45) is 0.123. The molecule has 0 spiro atoms. The van der Waals surface area contributed by atoms with E-state index in [0.717, 1.165) is 0 Å². The lowest BCUT2D eigenvalue weighted by Gasteiger charge is -2.24. The molecule has 38 heavy (non-hydrogen) atoms. The fraction of sp³-hybridized carbons (Fsp3) is 0.650. The second-order valence-electron chi connectivity index (χ2n) is 8.14. The van der Waals surface area contributed by atoms with Crippen LogP contribution in [0.3, 0.4) is 0 Å². The van der Waals surface area contributed by atoms with Gasteiger partial charge in [0.25, 0.3) is 0 Å². The fourth-order valence-electron chi connectivity index (χ4n) is 2.97. The maximum absolute atomic E-state index is 13.0. The first-order valence-corrected chi connectivity index (χ1v) is 12.2. The second kappa shape index (κ2) is 18.4. The quantitative estimate of drug-likeness (QED) is 0.0308. The topological polar surface area (TPSA) is 317 Å². The zero-order chi connectivity index (χ0) is 29.3. The van der Waals surface area contributed by atoms with Crippen molar-refractivity contribution in [2.45, 2.75) is 62.7 Å². The highest BCUT2D eigenvalue weighted by Crippen LogP contribution is 2.04. The Morgan fingerprint density at radius 2 is 1.18 bits per heavy atom. The third kappa shape index (κ3) is 15.3. The lowest BCUT2D eigenvalue weighted by molar-refractivity contribution is -0.143. The first-order valence-electron chi connectivity index (χ1n) is 11.6. The van der Waals surface area contributed by atoms with Gasteiger partial charge in [0.2, 0.25) is 17.7 Å². The summed E-state index contributed by atoms with van der Waals surface area (Å²) in [5, 5.41) is 25.1. The molecule has 0 aliphatic rings. The predicted molar refractivity (Wildman–Crippen MR) is 142 cm³/mol. The Morgan fingerprint density at radius 3 is 1.66 bits per heavy atom. The fourth-order valence-corrected chi connectivity index (χ4v) is 3.22. The minimum Gasteiger partial charge on any atom is -0.481 e. The normalized spacial score (nSPS) is 13.6. The molecule has 17 nitrogen and oxygen atoms in total. The summed E-state index contributed by atoms with van der Waals surface area (Å²) in [6, 6.07) is -4.91. The number of thiol groups is 1. The molecule has 15 N–H and O–H groups in total. The highest BCUT2D eigenvalue weighted by molar-refractivity contribution is 7.80. The molecule has 0 saturated heterocycles. The number of aliphatic carboxylic acids is 2. The van der Waals surface area contributed by atoms with Crippen LogP contribution in [0.15, 0.2) is 9.98 Å². The largest absolute Gasteiger partial charge is 0.481 e. The molecule has 0 aromatic heterocycles. The van der Waals surface area contributed by atoms with Crippen LogP contribution < -0.4 is 44.6 Å². The molecular formula is C20H38N10O7S. The molecule has 3 amide bonds. The Bertz CT molecular complexity index is 878. The van der Waals surface area contributed by atoms with Gasteiger partial charge in [0.05, 0.1) is 6.04 Å². The van der Waals surface area contributed by atoms with Gasteiger partial charge in [-0.05, 0) is 32.1 Å². The van der Waals surface area contributed by atoms with Gasteiger partial charge in [-0.1, -0.05) is 0 Å². The van der Waals surface area contributed by atoms with Crippen LogP contribution in [0.2, 0.25) is 0 Å². The number of guanidine groups is 2. The molecule has 0 fully saturated rings. The Hall–Kier alpha value is -3.80. The van der Waals surface area contributed by atoms with Crippen LogP contribution >= 0.6 is 12.6 Å². The first-order chi connectivity index (χ1) is 17.8. The summed E-state index contributed by atoms with van der Waals surface area (Å²) in [4.78, 5) is 67.9. The van der Waals surface area contributed by atoms with Crippen LogP contribution in [-0.4, -0.2) is 94.8 Å². The number of aliphatic imine (C=N–C) groups is 2. The van der Waals surface area contributed by atoms with E-state index in [2.05, 4.69) is 38.6 Å². The van der Waals surface area contributed by atoms with Gasteiger partial charge < -0.3 is 54.8 Å². The third-order valence-electron chi connectivity index (χ3n) is 4.96. The summed E-state index contributed by atoms with van der Waals surface area (Å²) in [7, 11) is 0. The number of amides is 3. The van der Waals surface area contributed by atoms with Crippen molar-refractivity contribution in [3.8, 4) is 0 Å². The second-order valence-corrected chi connectivity index (χ2v) is 8.51. The number of rotatable bonds is 19. The van der Waals surface area contributed by atoms with Crippen molar-refractivity contribution in [1.29, 1.82) is 0 Å². The zero-order valence-electron chi connectivity index (χ0n) is 20.8. The van der Waals surface area contributed by atoms with Crippen molar-refractivity contribution >= 4 is 54.2 Å². The molecule has 0 bridgehead atoms. The molecule has 0 heterocycles. The molecule has 0 aliphatic heterocycles. The van der Waals surface area contributed by atoms with Crippen LogP contribution in [0.25, 0.3) is 0 Å². The number of hydrogen-bond acceptors (Lipinski definition) is 9. The number of nitrogens with zero attached hydrogens (tertiary/aromatic N) is 2. The molecular weight excluding hydrogens is 524 g/mol. The summed E-state index contributed by atoms with van der Waals surface area (Å²) >= 11 is 4.03. The van der Waals surface area contributed by atoms with E-state index >= 15 is 0 Å². The van der Waals surface area contributed by atoms with Gasteiger partial charge in [0.1, 0.15) is 18.1 Å². The Morgan fingerprint density at radius 1 is 0.711 bits per heavy atom. The highest BCUT2D eigenvalue weighted by Gasteiger charge is 2.29. The average molecular weight is 563 g/mol. The number of nitrogens with one attached hydrogen (secondary N) is 3. The van der Waals surface area contributed by atoms with E-state index in [1.165, 1.54) is 0 Å². The SMILES string of the molecule is NC(N)=NCCCC(N)C(=O)NC(CCCN=C(N)N)C(=O)NC(CS)C(=O)NC(CCC(=O)O)C(=O)O. The molecule has 0 radical (unpaired) electrons. The molecule has 0 aromatic rings. The summed E-state index contributed by atoms with van der Waals surface area (Å²) in [5.74, 6) is -5.44. The molecule has 0 aromatic carbocycles. The predicted octanol–water partition coefficient (Wildman–Crippen LogP) is -4.25. The van der Waals surface area contributed by atoms with Crippen molar-refractivity contribution < 1.29 is 34.2 Å². The van der Waals surface area contributed by atoms with Crippen LogP contribution in [0.5, 0.6) is 0 Å². The lowest BCUT2D eigenvalue weighted by atomic mass is 10.1. The van der Waals surface area contributed by atoms with Crippen LogP contribution in [0.4, 0.5) is 0 Å². The summed E-state index contributed by atoms with van der Waals surface area (Å²) in [5.41, 5.74) is 27.0. The highest BCUT2D eigenvalue weighted by atomic mass is 32.1. The number of carboxylic acid groups (broad SMARTS) is 2. The van der Waals surface area contributed by atoms with E-state index in [0.29, 0.717) is 6.42 Å². The molecule has 0 rings (SSSR count). The average Bonchev–Trinajstić information content (AvgIpc) is 2.83. The van der Waals surface area contributed by atoms with E-state index in [-0.39, 0.29) is 56.4 Å². The van der Waals surface area contributed by atoms with Crippen LogP contribution in [-0.2, 0) is 24.0 Å². The van der Waals surface area contributed by atoms with Crippen molar-refractivity contribution in [3.05, 3.63) is 0 Å². The maximum atomic E-state index is 13.0. The molecule has 0 aliphatic carbocycles. The number of hydrogen-bond donors (Lipinski definition) is 11. The van der Waals surface area contributed by atoms with Crippen LogP contribution in [0, 0.1) is 0 Å². The molecule has 18 heteroatoms. The number of carbonyl (C=O) groups excluding carboxylic acids is 3. The Kier molecular flexibility index (Phi) is 16.6. The molecule has 0 saturated carbocycles. The van der Waals surface area contributed by atoms with Crippen molar-refractivity contribution in [2.75, 3.05) is 18.8 Å². The third-order valence-corrected chi connectivity index (χ3v) is 5.32. The molecule has 4 atom stereocenters. The molecule has 216 valence electrons. The Labute approximate surface area is 224 Å². The van der Waals surface area contributed by atoms with Gasteiger partial charge in [0.15, 0.2) is 11.9 Å². The maximum Gasteiger partial charge on any atom is 0.326 e. The van der Waals surface area contributed by atoms with Crippen molar-refractivity contribution in [3.63, 3.8) is 0 Å². The molecule has 4 unspecified atom stereocenters. The zero-order valence-corrected chi connectivity index (χ0v) is 21.7. The first kappa shape index (κ1) is 34.2. The van der Waals surface area contributed by atoms with Gasteiger partial charge in [-0.25, -0.2) is 4.79 Å². The lowest BCUT2D eigenvalue weighted by Crippen LogP contribution is -2.57. The monoisotopic (exact) mass is 562 g/mol. The smallest absolute Gasteiger partial charge is 0.326 e. The van der Waals surface area contributed by atoms with Gasteiger partial charge in [0, 0.05) is 25.3 Å². The van der Waals surface area contributed by atoms with E-state index < -0.39 is 60.2 Å². The summed E-state index contributed by atoms with van der Waals surface area (Å²) < 4.78 is 0. The Balaban J connectivity index is 5.35. The number of carboxylic acids is 2. The van der Waals surface area contributed by atoms with Crippen molar-refractivity contribution in [2.24, 2.45) is 38.7 Å². The van der Waals surface area contributed by atoms with Crippen LogP contribution in [0.1, 0.15) is 38.5 Å². The summed E-state index contributed by atoms with van der Waals surface area (Å²) in [6.45, 7) is 0.418. The van der Waals surface area contributed by atoms with Gasteiger partial charge >= 0.3 is 11.9 Å². The van der Waals surface area contributed by atoms with Gasteiger partial charge in [-0.2, -0.15) is 12.6 Å². The van der Waals surface area contributed by atoms with E-state index in [1.54, 1.807) is 0 Å². The minimum absolute atomic E-state index is 0.0757. The standard InChI is InChI=1S/C20H38N10O7S/c21-10(3-1-7-26-19(22)23)15(33)28-11(4-2-8-27-20(24)25)16(34)30-13(9-38)17(35)29-12(18(36)37)5-6-14(31)32/h10-13,38H,1-9,21H2,(H,28,33)(H,29,35)(H,30,34)(H,31,32)(H,36,37)(H4,22,23,26)(H4,24,25,27). The van der Waals surface area contributed by atoms with E-state index in [4.69, 9.17) is 33.8 Å². The van der Waals surface area contributed by atoms with Gasteiger partial charge in [-0.3, -0.25) is 29.2 Å². The van der Waals surface area contributed by atoms with Gasteiger partial charge in [-0.15, -0.1) is 0 Å².